The van der Waals surface area contributed by atoms with Gasteiger partial charge >= 0.3 is 14.8 Å². The highest BCUT2D eigenvalue weighted by molar-refractivity contribution is 6.60. The number of rotatable bonds is 6. The van der Waals surface area contributed by atoms with Crippen molar-refractivity contribution in [2.75, 3.05) is 39.5 Å². The monoisotopic (exact) mass is 383 g/mol. The van der Waals surface area contributed by atoms with Crippen LogP contribution in [0.2, 0.25) is 6.04 Å². The van der Waals surface area contributed by atoms with Crippen LogP contribution in [0.4, 0.5) is 0 Å². The van der Waals surface area contributed by atoms with Crippen molar-refractivity contribution in [2.45, 2.75) is 57.6 Å². The van der Waals surface area contributed by atoms with Gasteiger partial charge in [-0.1, -0.05) is 25.8 Å². The van der Waals surface area contributed by atoms with Crippen molar-refractivity contribution < 1.29 is 22.8 Å². The topological polar surface area (TPSA) is 57.2 Å². The van der Waals surface area contributed by atoms with Crippen molar-refractivity contribution in [1.29, 1.82) is 0 Å². The molecular formula is C19H33NO5Si. The van der Waals surface area contributed by atoms with E-state index >= 15 is 0 Å². The van der Waals surface area contributed by atoms with Crippen LogP contribution in [-0.2, 0) is 22.8 Å². The van der Waals surface area contributed by atoms with E-state index in [0.717, 1.165) is 19.6 Å². The molecule has 3 aliphatic heterocycles. The molecule has 0 spiro atoms. The lowest BCUT2D eigenvalue weighted by molar-refractivity contribution is -0.139. The van der Waals surface area contributed by atoms with Gasteiger partial charge < -0.3 is 18.0 Å². The smallest absolute Gasteiger partial charge is 0.462 e. The molecule has 0 amide bonds. The molecule has 1 atom stereocenters. The van der Waals surface area contributed by atoms with Crippen LogP contribution < -0.4 is 0 Å². The average Bonchev–Trinajstić information content (AvgIpc) is 2.59. The molecule has 3 saturated heterocycles. The molecule has 0 aromatic rings. The maximum absolute atomic E-state index is 11.6. The van der Waals surface area contributed by atoms with E-state index in [4.69, 9.17) is 18.0 Å². The first kappa shape index (κ1) is 20.0. The first-order chi connectivity index (χ1) is 12.6. The predicted molar refractivity (Wildman–Crippen MR) is 101 cm³/mol. The molecule has 0 aromatic heterocycles. The summed E-state index contributed by atoms with van der Waals surface area (Å²) in [4.78, 5) is 14.0. The third-order valence-electron chi connectivity index (χ3n) is 5.61. The fourth-order valence-electron chi connectivity index (χ4n) is 4.12. The highest BCUT2D eigenvalue weighted by Crippen LogP contribution is 2.33. The van der Waals surface area contributed by atoms with Gasteiger partial charge in [-0.25, -0.2) is 4.79 Å². The van der Waals surface area contributed by atoms with E-state index in [-0.39, 0.29) is 12.1 Å². The predicted octanol–water partition coefficient (Wildman–Crippen LogP) is 2.76. The minimum Gasteiger partial charge on any atom is -0.462 e. The van der Waals surface area contributed by atoms with E-state index in [9.17, 15) is 4.79 Å². The Morgan fingerprint density at radius 2 is 1.88 bits per heavy atom. The number of carbonyl (C=O) groups excluding carboxylic acids is 1. The molecule has 0 aromatic carbocycles. The van der Waals surface area contributed by atoms with Crippen molar-refractivity contribution in [3.8, 4) is 0 Å². The van der Waals surface area contributed by atoms with Crippen LogP contribution in [0.25, 0.3) is 0 Å². The zero-order chi connectivity index (χ0) is 18.4. The SMILES string of the molecule is C=C(C)C(=O)OCCC[Si]12OCCN(CCO1)CC(C1CCCCC1)O2. The molecule has 1 unspecified atom stereocenters. The Balaban J connectivity index is 1.61. The third-order valence-corrected chi connectivity index (χ3v) is 8.53. The molecule has 4 fully saturated rings. The minimum atomic E-state index is -2.71. The highest BCUT2D eigenvalue weighted by atomic mass is 28.4. The van der Waals surface area contributed by atoms with Gasteiger partial charge in [0.25, 0.3) is 0 Å². The van der Waals surface area contributed by atoms with Crippen molar-refractivity contribution in [2.24, 2.45) is 5.92 Å². The molecular weight excluding hydrogens is 350 g/mol. The van der Waals surface area contributed by atoms with Gasteiger partial charge in [0.15, 0.2) is 0 Å². The summed E-state index contributed by atoms with van der Waals surface area (Å²) in [5.74, 6) is 0.278. The number of hydrogen-bond acceptors (Lipinski definition) is 6. The van der Waals surface area contributed by atoms with Gasteiger partial charge in [0.2, 0.25) is 0 Å². The first-order valence-electron chi connectivity index (χ1n) is 10.1. The van der Waals surface area contributed by atoms with Crippen LogP contribution in [-0.4, -0.2) is 65.2 Å². The van der Waals surface area contributed by atoms with E-state index in [1.807, 2.05) is 0 Å². The molecule has 0 radical (unpaired) electrons. The molecule has 6 nitrogen and oxygen atoms in total. The lowest BCUT2D eigenvalue weighted by Gasteiger charge is -2.44. The summed E-state index contributed by atoms with van der Waals surface area (Å²) >= 11 is 0. The zero-order valence-electron chi connectivity index (χ0n) is 16.0. The molecule has 26 heavy (non-hydrogen) atoms. The Morgan fingerprint density at radius 1 is 1.19 bits per heavy atom. The highest BCUT2D eigenvalue weighted by Gasteiger charge is 2.47. The number of esters is 1. The molecule has 3 heterocycles. The summed E-state index contributed by atoms with van der Waals surface area (Å²) in [6.45, 7) is 9.86. The van der Waals surface area contributed by atoms with E-state index < -0.39 is 8.80 Å². The first-order valence-corrected chi connectivity index (χ1v) is 12.0. The second-order valence-corrected chi connectivity index (χ2v) is 10.4. The summed E-state index contributed by atoms with van der Waals surface area (Å²) in [6, 6.07) is 0.708. The molecule has 7 heteroatoms. The molecule has 2 bridgehead atoms. The van der Waals surface area contributed by atoms with Crippen LogP contribution in [0, 0.1) is 5.92 Å². The zero-order valence-corrected chi connectivity index (χ0v) is 17.0. The van der Waals surface area contributed by atoms with Gasteiger partial charge in [0.05, 0.1) is 25.9 Å². The summed E-state index contributed by atoms with van der Waals surface area (Å²) < 4.78 is 24.3. The Hall–Kier alpha value is -0.733. The quantitative estimate of drug-likeness (QED) is 0.304. The fraction of sp³-hybridized carbons (Fsp3) is 0.842. The summed E-state index contributed by atoms with van der Waals surface area (Å²) in [6.07, 6.45) is 7.36. The number of fused-ring (bicyclic) bond motifs is 6. The van der Waals surface area contributed by atoms with Gasteiger partial charge in [0.1, 0.15) is 0 Å². The Morgan fingerprint density at radius 3 is 2.54 bits per heavy atom. The van der Waals surface area contributed by atoms with E-state index in [2.05, 4.69) is 11.5 Å². The largest absolute Gasteiger partial charge is 0.501 e. The molecule has 148 valence electrons. The maximum atomic E-state index is 11.6. The Labute approximate surface area is 158 Å². The lowest BCUT2D eigenvalue weighted by atomic mass is 9.85. The van der Waals surface area contributed by atoms with Crippen molar-refractivity contribution in [1.82, 2.24) is 4.90 Å². The van der Waals surface area contributed by atoms with E-state index in [1.54, 1.807) is 6.92 Å². The van der Waals surface area contributed by atoms with Gasteiger partial charge in [-0.05, 0) is 32.1 Å². The van der Waals surface area contributed by atoms with Crippen LogP contribution in [0.1, 0.15) is 45.4 Å². The summed E-state index contributed by atoms with van der Waals surface area (Å²) in [5, 5.41) is 0. The molecule has 4 aliphatic rings. The minimum absolute atomic E-state index is 0.209. The normalized spacial score (nSPS) is 33.1. The van der Waals surface area contributed by atoms with Gasteiger partial charge in [0, 0.05) is 31.3 Å². The number of hydrogen-bond donors (Lipinski definition) is 0. The molecule has 1 saturated carbocycles. The Kier molecular flexibility index (Phi) is 7.28. The summed E-state index contributed by atoms with van der Waals surface area (Å²) in [5.41, 5.74) is 0.429. The van der Waals surface area contributed by atoms with E-state index in [1.165, 1.54) is 32.1 Å². The summed E-state index contributed by atoms with van der Waals surface area (Å²) in [7, 11) is -2.71. The van der Waals surface area contributed by atoms with Crippen molar-refractivity contribution >= 4 is 14.8 Å². The van der Waals surface area contributed by atoms with Gasteiger partial charge in [-0.15, -0.1) is 0 Å². The lowest BCUT2D eigenvalue weighted by Crippen LogP contribution is -2.59. The van der Waals surface area contributed by atoms with E-state index in [0.29, 0.717) is 43.8 Å². The number of ether oxygens (including phenoxy) is 1. The standard InChI is InChI=1S/C19H33NO5Si/c1-16(2)19(21)22-11-6-14-26-23-12-9-20(10-13-24-26)15-18(25-26)17-7-4-3-5-8-17/h17-18H,1,3-15H2,2H3. The Bertz CT molecular complexity index is 484. The molecule has 1 aliphatic carbocycles. The molecule has 4 rings (SSSR count). The van der Waals surface area contributed by atoms with Crippen molar-refractivity contribution in [3.63, 3.8) is 0 Å². The average molecular weight is 384 g/mol. The van der Waals surface area contributed by atoms with Crippen LogP contribution in [0.5, 0.6) is 0 Å². The second kappa shape index (κ2) is 9.46. The van der Waals surface area contributed by atoms with Crippen LogP contribution >= 0.6 is 0 Å². The second-order valence-electron chi connectivity index (χ2n) is 7.75. The van der Waals surface area contributed by atoms with Gasteiger partial charge in [-0.2, -0.15) is 0 Å². The van der Waals surface area contributed by atoms with Crippen molar-refractivity contribution in [3.05, 3.63) is 12.2 Å². The van der Waals surface area contributed by atoms with Crippen LogP contribution in [0.15, 0.2) is 12.2 Å². The number of carbonyl (C=O) groups is 1. The van der Waals surface area contributed by atoms with Crippen LogP contribution in [0.3, 0.4) is 0 Å². The third kappa shape index (κ3) is 5.39. The molecule has 0 N–H and O–H groups in total. The van der Waals surface area contributed by atoms with Gasteiger partial charge in [-0.3, -0.25) is 4.90 Å². The maximum Gasteiger partial charge on any atom is 0.501 e. The number of nitrogens with zero attached hydrogens (tertiary/aromatic N) is 1. The fourth-order valence-corrected chi connectivity index (χ4v) is 6.85.